The maximum absolute atomic E-state index is 9.04. The molecule has 1 nitrogen and oxygen atoms in total. The van der Waals surface area contributed by atoms with E-state index in [1.165, 1.54) is 29.7 Å². The Bertz CT molecular complexity index is 774. The highest BCUT2D eigenvalue weighted by Gasteiger charge is 2.22. The van der Waals surface area contributed by atoms with Gasteiger partial charge in [0.1, 0.15) is 7.05 Å². The van der Waals surface area contributed by atoms with Gasteiger partial charge in [-0.05, 0) is 67.2 Å². The van der Waals surface area contributed by atoms with Gasteiger partial charge in [-0.3, -0.25) is 0 Å². The molecule has 0 atom stereocenters. The number of rotatable bonds is 3. The molecule has 2 aliphatic carbocycles. The summed E-state index contributed by atoms with van der Waals surface area (Å²) in [7, 11) is 2.10. The first-order chi connectivity index (χ1) is 13.4. The quantitative estimate of drug-likeness (QED) is 0.550. The van der Waals surface area contributed by atoms with Gasteiger partial charge in [0.15, 0.2) is 6.20 Å². The molecule has 0 spiro atoms. The first kappa shape index (κ1) is 15.4. The van der Waals surface area contributed by atoms with E-state index in [1.807, 2.05) is 0 Å². The lowest BCUT2D eigenvalue weighted by atomic mass is 9.82. The molecule has 2 aromatic rings. The van der Waals surface area contributed by atoms with Gasteiger partial charge in [-0.15, -0.1) is 0 Å². The van der Waals surface area contributed by atoms with E-state index in [2.05, 4.69) is 55.1 Å². The molecule has 0 radical (unpaired) electrons. The first-order valence-electron chi connectivity index (χ1n) is 11.5. The van der Waals surface area contributed by atoms with Crippen LogP contribution in [-0.2, 0) is 7.05 Å². The van der Waals surface area contributed by atoms with E-state index in [9.17, 15) is 0 Å². The van der Waals surface area contributed by atoms with E-state index in [0.29, 0.717) is 0 Å². The summed E-state index contributed by atoms with van der Waals surface area (Å²) in [6, 6.07) is 11.0. The smallest absolute Gasteiger partial charge is 0.201 e. The summed E-state index contributed by atoms with van der Waals surface area (Å²) >= 11 is 0. The fourth-order valence-corrected chi connectivity index (χ4v) is 4.71. The van der Waals surface area contributed by atoms with Crippen molar-refractivity contribution in [3.8, 4) is 11.3 Å². The molecule has 138 valence electrons. The predicted octanol–water partition coefficient (Wildman–Crippen LogP) is 6.58. The van der Waals surface area contributed by atoms with Gasteiger partial charge >= 0.3 is 0 Å². The highest BCUT2D eigenvalue weighted by molar-refractivity contribution is 5.63. The average molecular weight is 351 g/mol. The minimum Gasteiger partial charge on any atom is -0.201 e. The molecular formula is C25H34N+. The van der Waals surface area contributed by atoms with Crippen LogP contribution in [0, 0.1) is 6.92 Å². The molecule has 0 bridgehead atoms. The molecule has 1 heteroatoms. The summed E-state index contributed by atoms with van der Waals surface area (Å²) in [5.41, 5.74) is 5.96. The van der Waals surface area contributed by atoms with Crippen LogP contribution in [0.5, 0.6) is 0 Å². The molecule has 2 aliphatic rings. The van der Waals surface area contributed by atoms with Gasteiger partial charge in [-0.25, -0.2) is 4.57 Å². The van der Waals surface area contributed by atoms with Crippen molar-refractivity contribution in [3.05, 3.63) is 53.2 Å². The molecule has 2 fully saturated rings. The van der Waals surface area contributed by atoms with Crippen LogP contribution in [0.3, 0.4) is 0 Å². The lowest BCUT2D eigenvalue weighted by molar-refractivity contribution is -0.660. The number of benzene rings is 1. The second-order valence-corrected chi connectivity index (χ2v) is 8.27. The summed E-state index contributed by atoms with van der Waals surface area (Å²) in [5, 5.41) is 0. The molecule has 0 N–H and O–H groups in total. The van der Waals surface area contributed by atoms with Crippen LogP contribution in [0.1, 0.15) is 95.4 Å². The molecule has 1 heterocycles. The molecular weight excluding hydrogens is 314 g/mol. The molecule has 1 aromatic heterocycles. The summed E-state index contributed by atoms with van der Waals surface area (Å²) in [4.78, 5) is 0. The van der Waals surface area contributed by atoms with Crippen molar-refractivity contribution >= 4 is 0 Å². The van der Waals surface area contributed by atoms with Gasteiger partial charge in [0.05, 0.1) is 0 Å². The van der Waals surface area contributed by atoms with Crippen LogP contribution in [0.4, 0.5) is 0 Å². The Morgan fingerprint density at radius 3 is 2.00 bits per heavy atom. The Morgan fingerprint density at radius 2 is 1.38 bits per heavy atom. The van der Waals surface area contributed by atoms with Crippen LogP contribution in [0.15, 0.2) is 36.5 Å². The number of aryl methyl sites for hydroxylation is 2. The zero-order valence-corrected chi connectivity index (χ0v) is 16.5. The lowest BCUT2D eigenvalue weighted by Crippen LogP contribution is -2.31. The van der Waals surface area contributed by atoms with Gasteiger partial charge in [0.25, 0.3) is 0 Å². The molecule has 2 saturated carbocycles. The summed E-state index contributed by atoms with van der Waals surface area (Å²) in [6.45, 7) is 2.17. The molecule has 0 unspecified atom stereocenters. The van der Waals surface area contributed by atoms with E-state index in [-0.39, 0.29) is 0 Å². The van der Waals surface area contributed by atoms with Crippen molar-refractivity contribution in [1.82, 2.24) is 0 Å². The Labute approximate surface area is 162 Å². The molecule has 0 amide bonds. The van der Waals surface area contributed by atoms with Crippen LogP contribution in [-0.4, -0.2) is 0 Å². The maximum atomic E-state index is 9.04. The van der Waals surface area contributed by atoms with E-state index in [1.54, 1.807) is 0 Å². The highest BCUT2D eigenvalue weighted by atomic mass is 14.9. The van der Waals surface area contributed by atoms with E-state index in [0.717, 1.165) is 62.5 Å². The Hall–Kier alpha value is -1.63. The van der Waals surface area contributed by atoms with Gasteiger partial charge in [0.2, 0.25) is 5.69 Å². The summed E-state index contributed by atoms with van der Waals surface area (Å²) < 4.78 is 20.3. The minimum absolute atomic E-state index is 0.434. The SMILES string of the molecule is [2H]C1(c2ccc(C)c(-c3cc(C4([2H])CCCCC4)cc[n+]3C)c2)CCCCC1. The maximum Gasteiger partial charge on any atom is 0.212 e. The minimum atomic E-state index is -0.438. The van der Waals surface area contributed by atoms with Crippen molar-refractivity contribution in [2.45, 2.75) is 82.9 Å². The average Bonchev–Trinajstić information content (AvgIpc) is 2.70. The molecule has 26 heavy (non-hydrogen) atoms. The normalized spacial score (nSPS) is 23.2. The van der Waals surface area contributed by atoms with Crippen LogP contribution in [0.2, 0.25) is 0 Å². The molecule has 4 rings (SSSR count). The van der Waals surface area contributed by atoms with Gasteiger partial charge in [-0.2, -0.15) is 0 Å². The van der Waals surface area contributed by atoms with Crippen LogP contribution in [0.25, 0.3) is 11.3 Å². The fourth-order valence-electron chi connectivity index (χ4n) is 4.71. The zero-order chi connectivity index (χ0) is 19.8. The number of hydrogen-bond acceptors (Lipinski definition) is 0. The van der Waals surface area contributed by atoms with E-state index in [4.69, 9.17) is 2.74 Å². The van der Waals surface area contributed by atoms with Crippen molar-refractivity contribution in [1.29, 1.82) is 0 Å². The van der Waals surface area contributed by atoms with Gasteiger partial charge in [-0.1, -0.05) is 50.7 Å². The standard InChI is InChI=1S/C25H34N/c1-19-13-14-22(20-9-5-3-6-10-20)17-24(19)25-18-23(15-16-26(25)2)21-11-7-4-8-12-21/h13-18,20-21H,3-12H2,1-2H3/q+1/i20D,21D. The monoisotopic (exact) mass is 350 g/mol. The number of pyridine rings is 1. The predicted molar refractivity (Wildman–Crippen MR) is 109 cm³/mol. The fraction of sp³-hybridized carbons (Fsp3) is 0.560. The van der Waals surface area contributed by atoms with Crippen molar-refractivity contribution in [2.75, 3.05) is 0 Å². The second kappa shape index (κ2) is 7.94. The van der Waals surface area contributed by atoms with E-state index < -0.39 is 11.8 Å². The third kappa shape index (κ3) is 3.72. The number of hydrogen-bond donors (Lipinski definition) is 0. The zero-order valence-electron chi connectivity index (χ0n) is 18.5. The van der Waals surface area contributed by atoms with Crippen LogP contribution < -0.4 is 4.57 Å². The largest absolute Gasteiger partial charge is 0.212 e. The van der Waals surface area contributed by atoms with Crippen molar-refractivity contribution < 1.29 is 7.31 Å². The Morgan fingerprint density at radius 1 is 0.808 bits per heavy atom. The molecule has 0 saturated heterocycles. The van der Waals surface area contributed by atoms with Crippen molar-refractivity contribution in [2.24, 2.45) is 7.05 Å². The summed E-state index contributed by atoms with van der Waals surface area (Å²) in [6.07, 6.45) is 13.2. The van der Waals surface area contributed by atoms with Crippen LogP contribution >= 0.6 is 0 Å². The lowest BCUT2D eigenvalue weighted by Gasteiger charge is -2.23. The Balaban J connectivity index is 1.76. The van der Waals surface area contributed by atoms with E-state index >= 15 is 0 Å². The topological polar surface area (TPSA) is 3.88 Å². The molecule has 1 aromatic carbocycles. The third-order valence-corrected chi connectivity index (χ3v) is 6.39. The number of nitrogens with zero attached hydrogens (tertiary/aromatic N) is 1. The van der Waals surface area contributed by atoms with Crippen molar-refractivity contribution in [3.63, 3.8) is 0 Å². The molecule has 0 aliphatic heterocycles. The van der Waals surface area contributed by atoms with Gasteiger partial charge in [0, 0.05) is 20.4 Å². The number of aromatic nitrogens is 1. The first-order valence-corrected chi connectivity index (χ1v) is 10.5. The third-order valence-electron chi connectivity index (χ3n) is 6.39. The van der Waals surface area contributed by atoms with Gasteiger partial charge < -0.3 is 0 Å². The summed E-state index contributed by atoms with van der Waals surface area (Å²) in [5.74, 6) is -0.871. The second-order valence-electron chi connectivity index (χ2n) is 8.27. The Kier molecular flexibility index (Phi) is 4.71. The highest BCUT2D eigenvalue weighted by Crippen LogP contribution is 2.36.